The normalized spacial score (nSPS) is 11.3. The number of fused-ring (bicyclic) bond motifs is 1. The molecule has 8 heteroatoms. The molecule has 0 radical (unpaired) electrons. The van der Waals surface area contributed by atoms with Gasteiger partial charge in [-0.3, -0.25) is 9.25 Å². The molecule has 3 N–H and O–H groups in total. The van der Waals surface area contributed by atoms with Crippen LogP contribution >= 0.6 is 0 Å². The third-order valence-electron chi connectivity index (χ3n) is 5.21. The molecule has 0 aliphatic carbocycles. The van der Waals surface area contributed by atoms with Gasteiger partial charge in [0.25, 0.3) is 0 Å². The Bertz CT molecular complexity index is 1370. The van der Waals surface area contributed by atoms with Crippen molar-refractivity contribution in [2.45, 2.75) is 20.1 Å². The van der Waals surface area contributed by atoms with Gasteiger partial charge < -0.3 is 10.8 Å². The van der Waals surface area contributed by atoms with E-state index >= 15 is 0 Å². The number of pyridine rings is 2. The first-order valence-electron chi connectivity index (χ1n) is 10.0. The Morgan fingerprint density at radius 3 is 2.58 bits per heavy atom. The van der Waals surface area contributed by atoms with Gasteiger partial charge in [0.05, 0.1) is 24.1 Å². The average molecular weight is 411 g/mol. The molecule has 0 saturated heterocycles. The Morgan fingerprint density at radius 1 is 1.03 bits per heavy atom. The summed E-state index contributed by atoms with van der Waals surface area (Å²) < 4.78 is 3.84. The van der Waals surface area contributed by atoms with E-state index in [4.69, 9.17) is 15.7 Å². The van der Waals surface area contributed by atoms with Crippen LogP contribution in [0.3, 0.4) is 0 Å². The summed E-state index contributed by atoms with van der Waals surface area (Å²) in [6, 6.07) is 15.3. The summed E-state index contributed by atoms with van der Waals surface area (Å²) >= 11 is 0. The number of anilines is 1. The summed E-state index contributed by atoms with van der Waals surface area (Å²) in [7, 11) is 0. The Kier molecular flexibility index (Phi) is 4.68. The van der Waals surface area contributed by atoms with Crippen LogP contribution in [0, 0.1) is 0 Å². The standard InChI is InChI=1S/C23H21N7O/c1-2-29-13-16(12-26-29)19-9-10-20-23(27-19)30(17-7-5-15(14-31)6-8-17)22(28-20)18-4-3-11-25-21(18)24/h3-13,31H,2,14H2,1H3,(H2,24,25). The highest BCUT2D eigenvalue weighted by atomic mass is 16.3. The first kappa shape index (κ1) is 19.0. The number of aryl methyl sites for hydroxylation is 1. The summed E-state index contributed by atoms with van der Waals surface area (Å²) in [6.07, 6.45) is 5.45. The molecule has 1 aromatic carbocycles. The fraction of sp³-hybridized carbons (Fsp3) is 0.130. The van der Waals surface area contributed by atoms with E-state index in [1.54, 1.807) is 6.20 Å². The van der Waals surface area contributed by atoms with Gasteiger partial charge in [0, 0.05) is 30.2 Å². The maximum Gasteiger partial charge on any atom is 0.165 e. The summed E-state index contributed by atoms with van der Waals surface area (Å²) in [6.45, 7) is 2.82. The third kappa shape index (κ3) is 3.32. The molecule has 0 amide bonds. The largest absolute Gasteiger partial charge is 0.392 e. The first-order valence-corrected chi connectivity index (χ1v) is 10.0. The van der Waals surface area contributed by atoms with E-state index < -0.39 is 0 Å². The van der Waals surface area contributed by atoms with Crippen LogP contribution in [0.2, 0.25) is 0 Å². The quantitative estimate of drug-likeness (QED) is 0.459. The lowest BCUT2D eigenvalue weighted by molar-refractivity contribution is 0.282. The molecule has 31 heavy (non-hydrogen) atoms. The maximum absolute atomic E-state index is 9.42. The van der Waals surface area contributed by atoms with Crippen LogP contribution in [0.5, 0.6) is 0 Å². The summed E-state index contributed by atoms with van der Waals surface area (Å²) in [4.78, 5) is 14.0. The highest BCUT2D eigenvalue weighted by molar-refractivity contribution is 5.84. The SMILES string of the molecule is CCn1cc(-c2ccc3nc(-c4cccnc4N)n(-c4ccc(CO)cc4)c3n2)cn1. The number of rotatable bonds is 5. The Labute approximate surface area is 178 Å². The van der Waals surface area contributed by atoms with E-state index in [1.165, 1.54) is 0 Å². The monoisotopic (exact) mass is 411 g/mol. The van der Waals surface area contributed by atoms with Crippen molar-refractivity contribution in [2.75, 3.05) is 5.73 Å². The molecule has 0 aliphatic rings. The smallest absolute Gasteiger partial charge is 0.165 e. The van der Waals surface area contributed by atoms with Gasteiger partial charge >= 0.3 is 0 Å². The number of hydrogen-bond donors (Lipinski definition) is 2. The van der Waals surface area contributed by atoms with E-state index in [9.17, 15) is 5.11 Å². The van der Waals surface area contributed by atoms with Crippen LogP contribution < -0.4 is 5.73 Å². The van der Waals surface area contributed by atoms with Crippen molar-refractivity contribution in [1.29, 1.82) is 0 Å². The number of aliphatic hydroxyl groups is 1. The fourth-order valence-electron chi connectivity index (χ4n) is 3.57. The summed E-state index contributed by atoms with van der Waals surface area (Å²) in [5, 5.41) is 13.8. The van der Waals surface area contributed by atoms with Gasteiger partial charge in [0.1, 0.15) is 11.3 Å². The lowest BCUT2D eigenvalue weighted by Gasteiger charge is -2.11. The zero-order chi connectivity index (χ0) is 21.4. The topological polar surface area (TPSA) is 108 Å². The van der Waals surface area contributed by atoms with Gasteiger partial charge in [0.15, 0.2) is 11.5 Å². The highest BCUT2D eigenvalue weighted by Gasteiger charge is 2.19. The Hall–Kier alpha value is -4.04. The molecule has 4 heterocycles. The van der Waals surface area contributed by atoms with Gasteiger partial charge in [-0.05, 0) is 48.9 Å². The van der Waals surface area contributed by atoms with Crippen LogP contribution in [0.15, 0.2) is 67.1 Å². The van der Waals surface area contributed by atoms with Crippen molar-refractivity contribution in [3.63, 3.8) is 0 Å². The molecule has 0 unspecified atom stereocenters. The number of aliphatic hydroxyl groups excluding tert-OH is 1. The number of hydrogen-bond acceptors (Lipinski definition) is 6. The van der Waals surface area contributed by atoms with Crippen molar-refractivity contribution >= 4 is 17.0 Å². The van der Waals surface area contributed by atoms with Crippen LogP contribution in [-0.4, -0.2) is 34.4 Å². The highest BCUT2D eigenvalue weighted by Crippen LogP contribution is 2.31. The summed E-state index contributed by atoms with van der Waals surface area (Å²) in [5.74, 6) is 1.06. The zero-order valence-electron chi connectivity index (χ0n) is 17.0. The Balaban J connectivity index is 1.76. The number of aromatic nitrogens is 6. The molecule has 0 bridgehead atoms. The second-order valence-electron chi connectivity index (χ2n) is 7.16. The molecule has 5 aromatic rings. The van der Waals surface area contributed by atoms with Gasteiger partial charge in [0.2, 0.25) is 0 Å². The molecule has 0 aliphatic heterocycles. The number of nitrogens with zero attached hydrogens (tertiary/aromatic N) is 6. The van der Waals surface area contributed by atoms with E-state index in [-0.39, 0.29) is 6.61 Å². The molecule has 0 spiro atoms. The van der Waals surface area contributed by atoms with Gasteiger partial charge in [-0.2, -0.15) is 5.10 Å². The molecular formula is C23H21N7O. The number of nitrogens with two attached hydrogens (primary N) is 1. The van der Waals surface area contributed by atoms with Crippen LogP contribution in [0.4, 0.5) is 5.82 Å². The molecule has 8 nitrogen and oxygen atoms in total. The minimum atomic E-state index is -0.0167. The molecule has 5 rings (SSSR count). The lowest BCUT2D eigenvalue weighted by Crippen LogP contribution is -2.02. The summed E-state index contributed by atoms with van der Waals surface area (Å²) in [5.41, 5.74) is 11.8. The predicted octanol–water partition coefficient (Wildman–Crippen LogP) is 3.44. The third-order valence-corrected chi connectivity index (χ3v) is 5.21. The van der Waals surface area contributed by atoms with Gasteiger partial charge in [-0.1, -0.05) is 12.1 Å². The van der Waals surface area contributed by atoms with Crippen molar-refractivity contribution in [1.82, 2.24) is 29.3 Å². The minimum Gasteiger partial charge on any atom is -0.392 e. The molecule has 4 aromatic heterocycles. The first-order chi connectivity index (χ1) is 15.2. The Morgan fingerprint density at radius 2 is 1.87 bits per heavy atom. The van der Waals surface area contributed by atoms with Crippen molar-refractivity contribution < 1.29 is 5.11 Å². The van der Waals surface area contributed by atoms with Crippen LogP contribution in [-0.2, 0) is 13.2 Å². The average Bonchev–Trinajstić information content (AvgIpc) is 3.44. The molecule has 0 atom stereocenters. The number of imidazole rings is 1. The van der Waals surface area contributed by atoms with Gasteiger partial charge in [-0.15, -0.1) is 0 Å². The number of nitrogen functional groups attached to an aromatic ring is 1. The van der Waals surface area contributed by atoms with Crippen LogP contribution in [0.25, 0.3) is 39.5 Å². The molecular weight excluding hydrogens is 390 g/mol. The fourth-order valence-corrected chi connectivity index (χ4v) is 3.57. The second-order valence-corrected chi connectivity index (χ2v) is 7.16. The van der Waals surface area contributed by atoms with E-state index in [1.807, 2.05) is 77.1 Å². The van der Waals surface area contributed by atoms with E-state index in [0.717, 1.165) is 40.1 Å². The predicted molar refractivity (Wildman–Crippen MR) is 119 cm³/mol. The minimum absolute atomic E-state index is 0.0167. The molecule has 154 valence electrons. The van der Waals surface area contributed by atoms with Crippen LogP contribution in [0.1, 0.15) is 12.5 Å². The van der Waals surface area contributed by atoms with Crippen molar-refractivity contribution in [3.8, 4) is 28.3 Å². The number of benzene rings is 1. The molecule has 0 saturated carbocycles. The lowest BCUT2D eigenvalue weighted by atomic mass is 10.2. The second kappa shape index (κ2) is 7.66. The molecule has 0 fully saturated rings. The van der Waals surface area contributed by atoms with E-state index in [0.29, 0.717) is 17.3 Å². The maximum atomic E-state index is 9.42. The van der Waals surface area contributed by atoms with Crippen molar-refractivity contribution in [2.24, 2.45) is 0 Å². The zero-order valence-corrected chi connectivity index (χ0v) is 17.0. The van der Waals surface area contributed by atoms with Gasteiger partial charge in [-0.25, -0.2) is 15.0 Å². The van der Waals surface area contributed by atoms with Crippen molar-refractivity contribution in [3.05, 3.63) is 72.7 Å². The van der Waals surface area contributed by atoms with E-state index in [2.05, 4.69) is 10.1 Å².